The first-order valence-electron chi connectivity index (χ1n) is 7.83. The summed E-state index contributed by atoms with van der Waals surface area (Å²) in [6, 6.07) is 0.0767. The Morgan fingerprint density at radius 1 is 1.38 bits per heavy atom. The Kier molecular flexibility index (Phi) is 10.4. The van der Waals surface area contributed by atoms with Gasteiger partial charge < -0.3 is 16.0 Å². The SMILES string of the molecule is CCCC(=O)NCC1CCCN(C(=O)CCC(C)N)C1.Cl. The van der Waals surface area contributed by atoms with Gasteiger partial charge in [0.2, 0.25) is 11.8 Å². The molecule has 1 aliphatic heterocycles. The number of nitrogens with two attached hydrogens (primary N) is 1. The van der Waals surface area contributed by atoms with Crippen LogP contribution >= 0.6 is 12.4 Å². The normalized spacial score (nSPS) is 19.6. The van der Waals surface area contributed by atoms with Crippen molar-refractivity contribution < 1.29 is 9.59 Å². The zero-order valence-corrected chi connectivity index (χ0v) is 14.1. The van der Waals surface area contributed by atoms with Crippen molar-refractivity contribution in [2.24, 2.45) is 11.7 Å². The third kappa shape index (κ3) is 8.27. The summed E-state index contributed by atoms with van der Waals surface area (Å²) in [4.78, 5) is 25.5. The van der Waals surface area contributed by atoms with E-state index in [4.69, 9.17) is 5.73 Å². The maximum Gasteiger partial charge on any atom is 0.222 e. The smallest absolute Gasteiger partial charge is 0.222 e. The number of nitrogens with one attached hydrogen (secondary N) is 1. The molecule has 1 fully saturated rings. The van der Waals surface area contributed by atoms with Gasteiger partial charge in [-0.3, -0.25) is 9.59 Å². The molecule has 0 saturated carbocycles. The Morgan fingerprint density at radius 3 is 2.71 bits per heavy atom. The molecule has 1 heterocycles. The Labute approximate surface area is 134 Å². The predicted molar refractivity (Wildman–Crippen MR) is 87.4 cm³/mol. The fraction of sp³-hybridized carbons (Fsp3) is 0.867. The van der Waals surface area contributed by atoms with Crippen molar-refractivity contribution in [2.75, 3.05) is 19.6 Å². The van der Waals surface area contributed by atoms with E-state index in [0.29, 0.717) is 25.3 Å². The van der Waals surface area contributed by atoms with Gasteiger partial charge in [0.05, 0.1) is 0 Å². The molecule has 1 saturated heterocycles. The van der Waals surface area contributed by atoms with Gasteiger partial charge >= 0.3 is 0 Å². The average Bonchev–Trinajstić information content (AvgIpc) is 2.43. The summed E-state index contributed by atoms with van der Waals surface area (Å²) in [5.74, 6) is 0.712. The Morgan fingerprint density at radius 2 is 2.10 bits per heavy atom. The monoisotopic (exact) mass is 319 g/mol. The van der Waals surface area contributed by atoms with Gasteiger partial charge in [-0.15, -0.1) is 12.4 Å². The number of hydrogen-bond donors (Lipinski definition) is 2. The number of likely N-dealkylation sites (tertiary alicyclic amines) is 1. The zero-order chi connectivity index (χ0) is 15.0. The van der Waals surface area contributed by atoms with Crippen LogP contribution in [0.25, 0.3) is 0 Å². The van der Waals surface area contributed by atoms with E-state index >= 15 is 0 Å². The molecule has 0 bridgehead atoms. The minimum atomic E-state index is 0. The molecule has 2 unspecified atom stereocenters. The fourth-order valence-electron chi connectivity index (χ4n) is 2.54. The lowest BCUT2D eigenvalue weighted by Crippen LogP contribution is -2.43. The predicted octanol–water partition coefficient (Wildman–Crippen LogP) is 1.69. The van der Waals surface area contributed by atoms with E-state index in [2.05, 4.69) is 5.32 Å². The highest BCUT2D eigenvalue weighted by Crippen LogP contribution is 2.17. The van der Waals surface area contributed by atoms with E-state index in [1.54, 1.807) is 0 Å². The second-order valence-electron chi connectivity index (χ2n) is 5.92. The third-order valence-electron chi connectivity index (χ3n) is 3.75. The van der Waals surface area contributed by atoms with Crippen LogP contribution < -0.4 is 11.1 Å². The van der Waals surface area contributed by atoms with Crippen LogP contribution in [0.15, 0.2) is 0 Å². The van der Waals surface area contributed by atoms with Crippen molar-refractivity contribution in [3.8, 4) is 0 Å². The number of halogens is 1. The van der Waals surface area contributed by atoms with Gasteiger partial charge in [-0.1, -0.05) is 6.92 Å². The van der Waals surface area contributed by atoms with E-state index < -0.39 is 0 Å². The summed E-state index contributed by atoms with van der Waals surface area (Å²) < 4.78 is 0. The van der Waals surface area contributed by atoms with Crippen LogP contribution in [0, 0.1) is 5.92 Å². The molecule has 6 heteroatoms. The topological polar surface area (TPSA) is 75.4 Å². The number of carbonyl (C=O) groups excluding carboxylic acids is 2. The second-order valence-corrected chi connectivity index (χ2v) is 5.92. The lowest BCUT2D eigenvalue weighted by molar-refractivity contribution is -0.133. The molecule has 0 aliphatic carbocycles. The Hall–Kier alpha value is -0.810. The maximum atomic E-state index is 12.1. The molecule has 21 heavy (non-hydrogen) atoms. The zero-order valence-electron chi connectivity index (χ0n) is 13.3. The number of carbonyl (C=O) groups is 2. The minimum absolute atomic E-state index is 0. The van der Waals surface area contributed by atoms with Crippen molar-refractivity contribution >= 4 is 24.2 Å². The van der Waals surface area contributed by atoms with E-state index in [1.807, 2.05) is 18.7 Å². The van der Waals surface area contributed by atoms with Crippen LogP contribution in [0.1, 0.15) is 52.4 Å². The molecule has 124 valence electrons. The molecular weight excluding hydrogens is 290 g/mol. The number of nitrogens with zero attached hydrogens (tertiary/aromatic N) is 1. The summed E-state index contributed by atoms with van der Waals surface area (Å²) in [6.45, 7) is 6.23. The highest BCUT2D eigenvalue weighted by Gasteiger charge is 2.23. The van der Waals surface area contributed by atoms with Gasteiger partial charge in [0.25, 0.3) is 0 Å². The molecule has 3 N–H and O–H groups in total. The molecule has 0 aromatic heterocycles. The van der Waals surface area contributed by atoms with E-state index in [0.717, 1.165) is 38.8 Å². The Bertz CT molecular complexity index is 324. The van der Waals surface area contributed by atoms with E-state index in [1.165, 1.54) is 0 Å². The highest BCUT2D eigenvalue weighted by molar-refractivity contribution is 5.85. The summed E-state index contributed by atoms with van der Waals surface area (Å²) in [7, 11) is 0. The number of rotatable bonds is 7. The molecule has 2 amide bonds. The lowest BCUT2D eigenvalue weighted by Gasteiger charge is -2.33. The molecule has 2 atom stereocenters. The first-order chi connectivity index (χ1) is 9.52. The molecule has 0 radical (unpaired) electrons. The van der Waals surface area contributed by atoms with Crippen LogP contribution in [-0.2, 0) is 9.59 Å². The molecule has 0 aromatic rings. The van der Waals surface area contributed by atoms with Gasteiger partial charge in [0.15, 0.2) is 0 Å². The van der Waals surface area contributed by atoms with Crippen LogP contribution in [0.2, 0.25) is 0 Å². The highest BCUT2D eigenvalue weighted by atomic mass is 35.5. The van der Waals surface area contributed by atoms with Crippen molar-refractivity contribution in [1.29, 1.82) is 0 Å². The van der Waals surface area contributed by atoms with Crippen molar-refractivity contribution in [3.63, 3.8) is 0 Å². The number of amides is 2. The van der Waals surface area contributed by atoms with Crippen LogP contribution in [0.4, 0.5) is 0 Å². The van der Waals surface area contributed by atoms with Gasteiger partial charge in [0.1, 0.15) is 0 Å². The third-order valence-corrected chi connectivity index (χ3v) is 3.75. The first-order valence-corrected chi connectivity index (χ1v) is 7.83. The van der Waals surface area contributed by atoms with Crippen molar-refractivity contribution in [3.05, 3.63) is 0 Å². The van der Waals surface area contributed by atoms with E-state index in [-0.39, 0.29) is 30.3 Å². The standard InChI is InChI=1S/C15H29N3O2.ClH/c1-3-5-14(19)17-10-13-6-4-9-18(11-13)15(20)8-7-12(2)16;/h12-13H,3-11,16H2,1-2H3,(H,17,19);1H. The number of piperidine rings is 1. The first kappa shape index (κ1) is 20.2. The molecule has 0 spiro atoms. The van der Waals surface area contributed by atoms with E-state index in [9.17, 15) is 9.59 Å². The van der Waals surface area contributed by atoms with Gasteiger partial charge in [0, 0.05) is 38.5 Å². The summed E-state index contributed by atoms with van der Waals surface area (Å²) in [6.07, 6.45) is 4.85. The number of hydrogen-bond acceptors (Lipinski definition) is 3. The van der Waals surface area contributed by atoms with Crippen molar-refractivity contribution in [2.45, 2.75) is 58.4 Å². The fourth-order valence-corrected chi connectivity index (χ4v) is 2.54. The molecule has 5 nitrogen and oxygen atoms in total. The quantitative estimate of drug-likeness (QED) is 0.750. The van der Waals surface area contributed by atoms with Crippen molar-refractivity contribution in [1.82, 2.24) is 10.2 Å². The van der Waals surface area contributed by atoms with Crippen LogP contribution in [0.3, 0.4) is 0 Å². The minimum Gasteiger partial charge on any atom is -0.356 e. The summed E-state index contributed by atoms with van der Waals surface area (Å²) in [5, 5.41) is 2.97. The summed E-state index contributed by atoms with van der Waals surface area (Å²) >= 11 is 0. The largest absolute Gasteiger partial charge is 0.356 e. The second kappa shape index (κ2) is 10.9. The molecule has 1 aliphatic rings. The van der Waals surface area contributed by atoms with Gasteiger partial charge in [-0.25, -0.2) is 0 Å². The average molecular weight is 320 g/mol. The van der Waals surface area contributed by atoms with Gasteiger partial charge in [-0.2, -0.15) is 0 Å². The van der Waals surface area contributed by atoms with Gasteiger partial charge in [-0.05, 0) is 38.5 Å². The maximum absolute atomic E-state index is 12.1. The molecule has 1 rings (SSSR count). The molecular formula is C15H30ClN3O2. The van der Waals surface area contributed by atoms with Crippen LogP contribution in [-0.4, -0.2) is 42.4 Å². The molecule has 0 aromatic carbocycles. The Balaban J connectivity index is 0.00000400. The summed E-state index contributed by atoms with van der Waals surface area (Å²) in [5.41, 5.74) is 5.69. The van der Waals surface area contributed by atoms with Crippen LogP contribution in [0.5, 0.6) is 0 Å². The lowest BCUT2D eigenvalue weighted by atomic mass is 9.97.